The summed E-state index contributed by atoms with van der Waals surface area (Å²) in [4.78, 5) is 25.2. The highest BCUT2D eigenvalue weighted by Gasteiger charge is 2.30. The zero-order chi connectivity index (χ0) is 33.1. The molecule has 1 amide bonds. The van der Waals surface area contributed by atoms with Crippen LogP contribution in [-0.2, 0) is 10.8 Å². The Hall–Kier alpha value is -5.43. The molecular weight excluding hydrogens is 584 g/mol. The Balaban J connectivity index is 1.36. The van der Waals surface area contributed by atoms with Crippen molar-refractivity contribution >= 4 is 40.0 Å². The molecule has 0 saturated heterocycles. The molecule has 2 heterocycles. The smallest absolute Gasteiger partial charge is 0.255 e. The largest absolute Gasteiger partial charge is 0.497 e. The lowest BCUT2D eigenvalue weighted by atomic mass is 9.79. The summed E-state index contributed by atoms with van der Waals surface area (Å²) in [7, 11) is 1.66. The molecule has 7 nitrogen and oxygen atoms in total. The van der Waals surface area contributed by atoms with Crippen LogP contribution in [0.2, 0.25) is 0 Å². The lowest BCUT2D eigenvalue weighted by molar-refractivity contribution is 0.102. The van der Waals surface area contributed by atoms with Gasteiger partial charge in [0.15, 0.2) is 11.5 Å². The number of rotatable bonds is 4. The Morgan fingerprint density at radius 1 is 0.745 bits per heavy atom. The van der Waals surface area contributed by atoms with Crippen LogP contribution in [0.5, 0.6) is 17.2 Å². The lowest BCUT2D eigenvalue weighted by Crippen LogP contribution is -2.27. The third kappa shape index (κ3) is 5.63. The standard InChI is InChI=1S/C40H38N4O3/c1-39(2,3)25-19-29(40(4,5)6)37-33(20-25)43-32-22-35-31(23-36(32)47-37)42-30-18-17-28(46-7)21-34(30)44(35)27-15-13-26(14-16-27)41-38(45)24-11-9-8-10-12-24/h8-23H,1-7H3,(H,41,45). The van der Waals surface area contributed by atoms with Crippen molar-refractivity contribution < 1.29 is 14.3 Å². The Morgan fingerprint density at radius 2 is 1.47 bits per heavy atom. The zero-order valence-corrected chi connectivity index (χ0v) is 27.8. The topological polar surface area (TPSA) is 75.5 Å². The van der Waals surface area contributed by atoms with Gasteiger partial charge >= 0.3 is 0 Å². The molecular formula is C40H38N4O3. The van der Waals surface area contributed by atoms with Gasteiger partial charge in [-0.05, 0) is 77.1 Å². The van der Waals surface area contributed by atoms with Crippen molar-refractivity contribution in [1.29, 1.82) is 0 Å². The first kappa shape index (κ1) is 30.2. The highest BCUT2D eigenvalue weighted by atomic mass is 16.5. The van der Waals surface area contributed by atoms with E-state index in [2.05, 4.69) is 63.9 Å². The van der Waals surface area contributed by atoms with Gasteiger partial charge in [-0.2, -0.15) is 0 Å². The van der Waals surface area contributed by atoms with E-state index in [0.29, 0.717) is 17.0 Å². The van der Waals surface area contributed by atoms with Gasteiger partial charge in [-0.15, -0.1) is 0 Å². The quantitative estimate of drug-likeness (QED) is 0.212. The number of ether oxygens (including phenoxy) is 2. The molecule has 0 unspecified atom stereocenters. The molecule has 0 fully saturated rings. The summed E-state index contributed by atoms with van der Waals surface area (Å²) in [6.07, 6.45) is 0. The minimum Gasteiger partial charge on any atom is -0.497 e. The molecule has 1 N–H and O–H groups in total. The van der Waals surface area contributed by atoms with Gasteiger partial charge in [-0.1, -0.05) is 65.8 Å². The van der Waals surface area contributed by atoms with Crippen molar-refractivity contribution in [2.45, 2.75) is 52.4 Å². The number of hydrogen-bond donors (Lipinski definition) is 1. The van der Waals surface area contributed by atoms with Crippen molar-refractivity contribution in [2.75, 3.05) is 17.3 Å². The van der Waals surface area contributed by atoms with E-state index in [1.807, 2.05) is 72.8 Å². The maximum absolute atomic E-state index is 12.8. The molecule has 0 saturated carbocycles. The predicted octanol–water partition coefficient (Wildman–Crippen LogP) is 9.33. The number of amides is 1. The van der Waals surface area contributed by atoms with Crippen LogP contribution >= 0.6 is 0 Å². The minimum atomic E-state index is -0.159. The Bertz CT molecular complexity index is 2160. The van der Waals surface area contributed by atoms with E-state index >= 15 is 0 Å². The van der Waals surface area contributed by atoms with Crippen LogP contribution < -0.4 is 30.4 Å². The summed E-state index contributed by atoms with van der Waals surface area (Å²) in [6, 6.07) is 31.3. The second kappa shape index (κ2) is 11.1. The summed E-state index contributed by atoms with van der Waals surface area (Å²) in [6.45, 7) is 13.3. The van der Waals surface area contributed by atoms with Crippen LogP contribution in [-0.4, -0.2) is 13.0 Å². The van der Waals surface area contributed by atoms with Gasteiger partial charge in [0.1, 0.15) is 16.8 Å². The maximum atomic E-state index is 12.8. The number of nitrogens with zero attached hydrogens (tertiary/aromatic N) is 3. The molecule has 7 rings (SSSR count). The first-order chi connectivity index (χ1) is 22.4. The lowest BCUT2D eigenvalue weighted by Gasteiger charge is -2.31. The molecule has 2 aliphatic rings. The minimum absolute atomic E-state index is 0.0497. The summed E-state index contributed by atoms with van der Waals surface area (Å²) in [5, 5.41) is 4.50. The predicted molar refractivity (Wildman–Crippen MR) is 188 cm³/mol. The molecule has 236 valence electrons. The number of methoxy groups -OCH3 is 1. The third-order valence-electron chi connectivity index (χ3n) is 8.58. The van der Waals surface area contributed by atoms with Crippen LogP contribution in [0.25, 0.3) is 0 Å². The van der Waals surface area contributed by atoms with E-state index in [4.69, 9.17) is 19.5 Å². The SMILES string of the molecule is COc1ccc2c(c1)N(c1ccc(NC(=O)c3ccccc3)cc1)c1cc3c(cc1=N2)Oc1c(cc(C(C)(C)C)cc1C(C)(C)C)N=3. The fourth-order valence-corrected chi connectivity index (χ4v) is 5.95. The van der Waals surface area contributed by atoms with E-state index in [9.17, 15) is 4.79 Å². The van der Waals surface area contributed by atoms with Crippen molar-refractivity contribution in [1.82, 2.24) is 0 Å². The van der Waals surface area contributed by atoms with Crippen LogP contribution in [0.4, 0.5) is 34.1 Å². The fraction of sp³-hybridized carbons (Fsp3) is 0.225. The van der Waals surface area contributed by atoms with Gasteiger partial charge in [0, 0.05) is 34.6 Å². The van der Waals surface area contributed by atoms with Crippen molar-refractivity contribution in [2.24, 2.45) is 9.98 Å². The van der Waals surface area contributed by atoms with Gasteiger partial charge < -0.3 is 19.7 Å². The van der Waals surface area contributed by atoms with Crippen LogP contribution in [0.1, 0.15) is 63.0 Å². The highest BCUT2D eigenvalue weighted by Crippen LogP contribution is 2.47. The van der Waals surface area contributed by atoms with Crippen molar-refractivity contribution in [3.05, 3.63) is 124 Å². The molecule has 7 heteroatoms. The van der Waals surface area contributed by atoms with Gasteiger partial charge in [0.2, 0.25) is 0 Å². The first-order valence-electron chi connectivity index (χ1n) is 15.8. The molecule has 2 aliphatic heterocycles. The third-order valence-corrected chi connectivity index (χ3v) is 8.58. The van der Waals surface area contributed by atoms with Crippen LogP contribution in [0.3, 0.4) is 0 Å². The number of benzene rings is 5. The highest BCUT2D eigenvalue weighted by molar-refractivity contribution is 6.04. The monoisotopic (exact) mass is 622 g/mol. The van der Waals surface area contributed by atoms with Crippen LogP contribution in [0, 0.1) is 0 Å². The Kier molecular flexibility index (Phi) is 7.16. The summed E-state index contributed by atoms with van der Waals surface area (Å²) in [5.41, 5.74) is 7.72. The van der Waals surface area contributed by atoms with Gasteiger partial charge in [0.25, 0.3) is 5.91 Å². The van der Waals surface area contributed by atoms with Gasteiger partial charge in [-0.25, -0.2) is 9.98 Å². The molecule has 0 atom stereocenters. The molecule has 5 aromatic carbocycles. The zero-order valence-electron chi connectivity index (χ0n) is 27.8. The van der Waals surface area contributed by atoms with Crippen molar-refractivity contribution in [3.8, 4) is 17.2 Å². The molecule has 47 heavy (non-hydrogen) atoms. The van der Waals surface area contributed by atoms with E-state index in [1.165, 1.54) is 5.56 Å². The number of hydrogen-bond acceptors (Lipinski definition) is 6. The molecule has 0 aliphatic carbocycles. The van der Waals surface area contributed by atoms with Crippen molar-refractivity contribution in [3.63, 3.8) is 0 Å². The Morgan fingerprint density at radius 3 is 2.15 bits per heavy atom. The number of carbonyl (C=O) groups is 1. The molecule has 0 aromatic heterocycles. The van der Waals surface area contributed by atoms with Gasteiger partial charge in [-0.3, -0.25) is 4.79 Å². The molecule has 0 radical (unpaired) electrons. The van der Waals surface area contributed by atoms with E-state index < -0.39 is 0 Å². The molecule has 0 bridgehead atoms. The van der Waals surface area contributed by atoms with E-state index in [1.54, 1.807) is 19.2 Å². The number of anilines is 4. The van der Waals surface area contributed by atoms with Gasteiger partial charge in [0.05, 0.1) is 29.5 Å². The fourth-order valence-electron chi connectivity index (χ4n) is 5.95. The normalized spacial score (nSPS) is 13.1. The molecule has 0 spiro atoms. The average Bonchev–Trinajstić information content (AvgIpc) is 3.04. The summed E-state index contributed by atoms with van der Waals surface area (Å²) >= 11 is 0. The second-order valence-corrected chi connectivity index (χ2v) is 14.1. The maximum Gasteiger partial charge on any atom is 0.255 e. The number of nitrogens with one attached hydrogen (secondary N) is 1. The van der Waals surface area contributed by atoms with Crippen LogP contribution in [0.15, 0.2) is 107 Å². The van der Waals surface area contributed by atoms with E-state index in [0.717, 1.165) is 56.2 Å². The first-order valence-corrected chi connectivity index (χ1v) is 15.8. The van der Waals surface area contributed by atoms with E-state index in [-0.39, 0.29) is 16.7 Å². The number of fused-ring (bicyclic) bond motifs is 4. The number of carbonyl (C=O) groups excluding carboxylic acids is 1. The average molecular weight is 623 g/mol. The second-order valence-electron chi connectivity index (χ2n) is 14.1. The molecule has 5 aromatic rings. The summed E-state index contributed by atoms with van der Waals surface area (Å²) in [5.74, 6) is 2.03. The summed E-state index contributed by atoms with van der Waals surface area (Å²) < 4.78 is 12.3. The Labute approximate surface area is 275 Å².